The Morgan fingerprint density at radius 2 is 1.76 bits per heavy atom. The van der Waals surface area contributed by atoms with Crippen molar-refractivity contribution in [1.82, 2.24) is 0 Å². The maximum absolute atomic E-state index is 12.3. The molecule has 3 aromatic rings. The van der Waals surface area contributed by atoms with Crippen molar-refractivity contribution >= 4 is 11.9 Å². The van der Waals surface area contributed by atoms with Gasteiger partial charge in [0.2, 0.25) is 0 Å². The average molecular weight is 334 g/mol. The van der Waals surface area contributed by atoms with Crippen molar-refractivity contribution in [2.75, 3.05) is 7.11 Å². The van der Waals surface area contributed by atoms with Crippen LogP contribution in [0.3, 0.4) is 0 Å². The van der Waals surface area contributed by atoms with E-state index in [1.165, 1.54) is 6.08 Å². The molecule has 4 nitrogen and oxygen atoms in total. The molecule has 0 atom stereocenters. The van der Waals surface area contributed by atoms with Gasteiger partial charge in [0, 0.05) is 0 Å². The molecule has 0 aliphatic rings. The normalized spacial score (nSPS) is 10.8. The molecule has 0 amide bonds. The molecule has 0 unspecified atom stereocenters. The van der Waals surface area contributed by atoms with Crippen molar-refractivity contribution in [2.24, 2.45) is 0 Å². The third-order valence-electron chi connectivity index (χ3n) is 3.58. The third kappa shape index (κ3) is 4.38. The van der Waals surface area contributed by atoms with E-state index in [0.717, 1.165) is 5.75 Å². The summed E-state index contributed by atoms with van der Waals surface area (Å²) in [5, 5.41) is 0. The van der Waals surface area contributed by atoms with Crippen LogP contribution in [0.1, 0.15) is 21.9 Å². The van der Waals surface area contributed by atoms with E-state index < -0.39 is 0 Å². The molecule has 25 heavy (non-hydrogen) atoms. The Bertz CT molecular complexity index is 862. The Kier molecular flexibility index (Phi) is 5.32. The smallest absolute Gasteiger partial charge is 0.189 e. The molecule has 0 bridgehead atoms. The van der Waals surface area contributed by atoms with E-state index in [0.29, 0.717) is 29.4 Å². The van der Waals surface area contributed by atoms with Gasteiger partial charge in [-0.1, -0.05) is 30.3 Å². The Hall–Kier alpha value is -3.27. The van der Waals surface area contributed by atoms with Crippen LogP contribution in [-0.4, -0.2) is 12.9 Å². The zero-order valence-corrected chi connectivity index (χ0v) is 13.8. The minimum Gasteiger partial charge on any atom is -0.496 e. The standard InChI is InChI=1S/C21H18O4/c1-23-21-10-6-5-9-19(21)20(22)14-13-17-11-12-18(25-17)15-24-16-7-3-2-4-8-16/h2-14H,15H2,1H3/b14-13+. The fourth-order valence-electron chi connectivity index (χ4n) is 2.33. The number of rotatable bonds is 7. The van der Waals surface area contributed by atoms with Crippen LogP contribution in [0.5, 0.6) is 11.5 Å². The molecule has 0 fully saturated rings. The van der Waals surface area contributed by atoms with Gasteiger partial charge in [0.1, 0.15) is 29.6 Å². The van der Waals surface area contributed by atoms with Crippen molar-refractivity contribution in [3.05, 3.63) is 89.9 Å². The summed E-state index contributed by atoms with van der Waals surface area (Å²) in [5.74, 6) is 2.47. The highest BCUT2D eigenvalue weighted by Crippen LogP contribution is 2.19. The lowest BCUT2D eigenvalue weighted by atomic mass is 10.1. The maximum atomic E-state index is 12.3. The van der Waals surface area contributed by atoms with E-state index >= 15 is 0 Å². The molecule has 4 heteroatoms. The van der Waals surface area contributed by atoms with Gasteiger partial charge >= 0.3 is 0 Å². The molecule has 0 N–H and O–H groups in total. The quantitative estimate of drug-likeness (QED) is 0.461. The van der Waals surface area contributed by atoms with E-state index in [9.17, 15) is 4.79 Å². The number of furan rings is 1. The summed E-state index contributed by atoms with van der Waals surface area (Å²) in [6.07, 6.45) is 3.11. The first-order chi connectivity index (χ1) is 12.3. The zero-order valence-electron chi connectivity index (χ0n) is 13.8. The van der Waals surface area contributed by atoms with Gasteiger partial charge in [-0.15, -0.1) is 0 Å². The molecular formula is C21H18O4. The molecule has 0 radical (unpaired) electrons. The average Bonchev–Trinajstić information content (AvgIpc) is 3.13. The van der Waals surface area contributed by atoms with Crippen molar-refractivity contribution in [1.29, 1.82) is 0 Å². The SMILES string of the molecule is COc1ccccc1C(=O)/C=C/c1ccc(COc2ccccc2)o1. The molecule has 0 spiro atoms. The fraction of sp³-hybridized carbons (Fsp3) is 0.0952. The third-order valence-corrected chi connectivity index (χ3v) is 3.58. The monoisotopic (exact) mass is 334 g/mol. The lowest BCUT2D eigenvalue weighted by molar-refractivity contribution is 0.104. The Morgan fingerprint density at radius 1 is 1.00 bits per heavy atom. The van der Waals surface area contributed by atoms with Crippen LogP contribution < -0.4 is 9.47 Å². The van der Waals surface area contributed by atoms with E-state index in [1.807, 2.05) is 42.5 Å². The first-order valence-corrected chi connectivity index (χ1v) is 7.88. The van der Waals surface area contributed by atoms with Gasteiger partial charge in [0.15, 0.2) is 5.78 Å². The van der Waals surface area contributed by atoms with Crippen LogP contribution in [0.2, 0.25) is 0 Å². The van der Waals surface area contributed by atoms with Crippen LogP contribution in [0.4, 0.5) is 0 Å². The second-order valence-electron chi connectivity index (χ2n) is 5.30. The predicted octanol–water partition coefficient (Wildman–Crippen LogP) is 4.76. The van der Waals surface area contributed by atoms with Gasteiger partial charge in [0.05, 0.1) is 12.7 Å². The molecule has 126 valence electrons. The van der Waals surface area contributed by atoms with E-state index in [-0.39, 0.29) is 5.78 Å². The molecule has 1 heterocycles. The number of allylic oxidation sites excluding steroid dienone is 1. The van der Waals surface area contributed by atoms with Gasteiger partial charge in [-0.25, -0.2) is 0 Å². The molecule has 0 saturated carbocycles. The summed E-state index contributed by atoms with van der Waals surface area (Å²) in [6, 6.07) is 20.3. The number of ketones is 1. The van der Waals surface area contributed by atoms with Gasteiger partial charge < -0.3 is 13.9 Å². The molecule has 1 aromatic heterocycles. The maximum Gasteiger partial charge on any atom is 0.189 e. The summed E-state index contributed by atoms with van der Waals surface area (Å²) in [7, 11) is 1.54. The predicted molar refractivity (Wildman–Crippen MR) is 95.8 cm³/mol. The highest BCUT2D eigenvalue weighted by Gasteiger charge is 2.08. The summed E-state index contributed by atoms with van der Waals surface area (Å²) in [6.45, 7) is 0.332. The number of hydrogen-bond acceptors (Lipinski definition) is 4. The van der Waals surface area contributed by atoms with Crippen LogP contribution >= 0.6 is 0 Å². The van der Waals surface area contributed by atoms with E-state index in [4.69, 9.17) is 13.9 Å². The van der Waals surface area contributed by atoms with Crippen LogP contribution in [0.25, 0.3) is 6.08 Å². The number of para-hydroxylation sites is 2. The minimum atomic E-state index is -0.143. The minimum absolute atomic E-state index is 0.143. The van der Waals surface area contributed by atoms with Gasteiger partial charge in [-0.3, -0.25) is 4.79 Å². The largest absolute Gasteiger partial charge is 0.496 e. The van der Waals surface area contributed by atoms with Crippen molar-refractivity contribution in [2.45, 2.75) is 6.61 Å². The van der Waals surface area contributed by atoms with Crippen LogP contribution in [0, 0.1) is 0 Å². The van der Waals surface area contributed by atoms with E-state index in [1.54, 1.807) is 37.5 Å². The first kappa shape index (κ1) is 16.6. The molecule has 3 rings (SSSR count). The number of carbonyl (C=O) groups is 1. The molecule has 2 aromatic carbocycles. The highest BCUT2D eigenvalue weighted by atomic mass is 16.5. The number of hydrogen-bond donors (Lipinski definition) is 0. The Labute approximate surface area is 146 Å². The summed E-state index contributed by atoms with van der Waals surface area (Å²) >= 11 is 0. The summed E-state index contributed by atoms with van der Waals surface area (Å²) in [5.41, 5.74) is 0.514. The summed E-state index contributed by atoms with van der Waals surface area (Å²) in [4.78, 5) is 12.3. The Balaban J connectivity index is 1.62. The number of ether oxygens (including phenoxy) is 2. The molecule has 0 saturated heterocycles. The zero-order chi connectivity index (χ0) is 17.5. The van der Waals surface area contributed by atoms with Gasteiger partial charge in [0.25, 0.3) is 0 Å². The second-order valence-corrected chi connectivity index (χ2v) is 5.30. The lowest BCUT2D eigenvalue weighted by Gasteiger charge is -2.04. The second kappa shape index (κ2) is 8.02. The lowest BCUT2D eigenvalue weighted by Crippen LogP contribution is -1.98. The van der Waals surface area contributed by atoms with Crippen LogP contribution in [-0.2, 0) is 6.61 Å². The topological polar surface area (TPSA) is 48.7 Å². The molecule has 0 aliphatic heterocycles. The van der Waals surface area contributed by atoms with Gasteiger partial charge in [-0.05, 0) is 48.6 Å². The first-order valence-electron chi connectivity index (χ1n) is 7.88. The number of benzene rings is 2. The van der Waals surface area contributed by atoms with Crippen LogP contribution in [0.15, 0.2) is 77.2 Å². The summed E-state index contributed by atoms with van der Waals surface area (Å²) < 4.78 is 16.5. The van der Waals surface area contributed by atoms with Gasteiger partial charge in [-0.2, -0.15) is 0 Å². The Morgan fingerprint density at radius 3 is 2.56 bits per heavy atom. The number of carbonyl (C=O) groups excluding carboxylic acids is 1. The highest BCUT2D eigenvalue weighted by molar-refractivity contribution is 6.08. The molecule has 0 aliphatic carbocycles. The van der Waals surface area contributed by atoms with Crippen molar-refractivity contribution in [3.63, 3.8) is 0 Å². The van der Waals surface area contributed by atoms with E-state index in [2.05, 4.69) is 0 Å². The van der Waals surface area contributed by atoms with Crippen molar-refractivity contribution in [3.8, 4) is 11.5 Å². The fourth-order valence-corrected chi connectivity index (χ4v) is 2.33. The number of methoxy groups -OCH3 is 1. The van der Waals surface area contributed by atoms with Crippen molar-refractivity contribution < 1.29 is 18.7 Å². The molecular weight excluding hydrogens is 316 g/mol.